The average Bonchev–Trinajstić information content (AvgIpc) is 2.72. The molecule has 0 radical (unpaired) electrons. The van der Waals surface area contributed by atoms with Crippen molar-refractivity contribution in [1.29, 1.82) is 0 Å². The molecule has 4 nitrogen and oxygen atoms in total. The zero-order chi connectivity index (χ0) is 24.8. The number of nitrogens with one attached hydrogen (secondary N) is 1. The normalized spacial score (nSPS) is 12.5. The van der Waals surface area contributed by atoms with Crippen LogP contribution in [0.3, 0.4) is 0 Å². The number of halogens is 2. The van der Waals surface area contributed by atoms with Gasteiger partial charge in [0.15, 0.2) is 0 Å². The molecule has 0 bridgehead atoms. The molecule has 0 fully saturated rings. The summed E-state index contributed by atoms with van der Waals surface area (Å²) in [5.74, 6) is -0.230. The van der Waals surface area contributed by atoms with Gasteiger partial charge in [0.1, 0.15) is 6.04 Å². The van der Waals surface area contributed by atoms with Crippen LogP contribution in [0.15, 0.2) is 42.5 Å². The van der Waals surface area contributed by atoms with E-state index >= 15 is 0 Å². The largest absolute Gasteiger partial charge is 0.352 e. The van der Waals surface area contributed by atoms with Gasteiger partial charge < -0.3 is 10.2 Å². The van der Waals surface area contributed by atoms with E-state index in [2.05, 4.69) is 50.4 Å². The monoisotopic (exact) mass is 490 g/mol. The fraction of sp³-hybridized carbons (Fsp3) is 0.481. The summed E-state index contributed by atoms with van der Waals surface area (Å²) in [5.41, 5.74) is 3.20. The van der Waals surface area contributed by atoms with Gasteiger partial charge in [0.2, 0.25) is 11.8 Å². The highest BCUT2D eigenvalue weighted by atomic mass is 35.5. The van der Waals surface area contributed by atoms with Crippen LogP contribution in [0.5, 0.6) is 0 Å². The van der Waals surface area contributed by atoms with E-state index in [-0.39, 0.29) is 29.8 Å². The second-order valence-electron chi connectivity index (χ2n) is 9.79. The molecule has 33 heavy (non-hydrogen) atoms. The first-order chi connectivity index (χ1) is 15.4. The molecule has 1 N–H and O–H groups in total. The lowest BCUT2D eigenvalue weighted by atomic mass is 9.86. The van der Waals surface area contributed by atoms with Crippen molar-refractivity contribution in [2.24, 2.45) is 0 Å². The number of nitrogens with zero attached hydrogens (tertiary/aromatic N) is 1. The molecule has 2 rings (SSSR count). The van der Waals surface area contributed by atoms with Gasteiger partial charge in [0.25, 0.3) is 0 Å². The maximum atomic E-state index is 13.4. The number of hydrogen-bond donors (Lipinski definition) is 1. The summed E-state index contributed by atoms with van der Waals surface area (Å²) in [6, 6.07) is 13.0. The molecule has 0 saturated carbocycles. The second-order valence-corrected chi connectivity index (χ2v) is 10.6. The maximum Gasteiger partial charge on any atom is 0.243 e. The lowest BCUT2D eigenvalue weighted by Gasteiger charge is -2.31. The maximum absolute atomic E-state index is 13.4. The number of aryl methyl sites for hydroxylation is 1. The fourth-order valence-electron chi connectivity index (χ4n) is 3.70. The Bertz CT molecular complexity index is 950. The van der Waals surface area contributed by atoms with Crippen molar-refractivity contribution < 1.29 is 9.59 Å². The molecular formula is C27H36Cl2N2O2. The van der Waals surface area contributed by atoms with E-state index in [1.165, 1.54) is 5.56 Å². The zero-order valence-corrected chi connectivity index (χ0v) is 22.1. The molecule has 1 atom stereocenters. The lowest BCUT2D eigenvalue weighted by molar-refractivity contribution is -0.141. The van der Waals surface area contributed by atoms with Crippen LogP contribution in [-0.2, 0) is 28.0 Å². The molecule has 0 spiro atoms. The average molecular weight is 492 g/mol. The van der Waals surface area contributed by atoms with E-state index in [4.69, 9.17) is 23.2 Å². The smallest absolute Gasteiger partial charge is 0.243 e. The number of carbonyl (C=O) groups is 2. The van der Waals surface area contributed by atoms with Crippen LogP contribution in [-0.4, -0.2) is 28.8 Å². The molecule has 0 heterocycles. The van der Waals surface area contributed by atoms with Crippen LogP contribution in [0.1, 0.15) is 71.1 Å². The number of amides is 2. The van der Waals surface area contributed by atoms with E-state index in [0.29, 0.717) is 29.3 Å². The van der Waals surface area contributed by atoms with Gasteiger partial charge in [-0.25, -0.2) is 0 Å². The number of carbonyl (C=O) groups excluding carboxylic acids is 2. The predicted octanol–water partition coefficient (Wildman–Crippen LogP) is 6.56. The van der Waals surface area contributed by atoms with E-state index < -0.39 is 6.04 Å². The van der Waals surface area contributed by atoms with Crippen LogP contribution in [0.25, 0.3) is 0 Å². The standard InChI is InChI=1S/C27H36Cl2N2O2/c1-7-24(26(33)30-18(2)3)31(17-20-11-14-22(28)16-23(20)29)25(32)15-10-19-8-12-21(13-9-19)27(4,5)6/h8-9,11-14,16,18,24H,7,10,15,17H2,1-6H3,(H,30,33)/t24-/m0/s1. The highest BCUT2D eigenvalue weighted by Crippen LogP contribution is 2.25. The van der Waals surface area contributed by atoms with Crippen molar-refractivity contribution in [1.82, 2.24) is 10.2 Å². The summed E-state index contributed by atoms with van der Waals surface area (Å²) < 4.78 is 0. The fourth-order valence-corrected chi connectivity index (χ4v) is 4.17. The van der Waals surface area contributed by atoms with Gasteiger partial charge in [-0.2, -0.15) is 0 Å². The summed E-state index contributed by atoms with van der Waals surface area (Å²) in [7, 11) is 0. The topological polar surface area (TPSA) is 49.4 Å². The third-order valence-electron chi connectivity index (χ3n) is 5.62. The third kappa shape index (κ3) is 8.04. The van der Waals surface area contributed by atoms with Gasteiger partial charge in [-0.1, -0.05) is 81.2 Å². The first-order valence-corrected chi connectivity index (χ1v) is 12.3. The summed E-state index contributed by atoms with van der Waals surface area (Å²) >= 11 is 12.4. The van der Waals surface area contributed by atoms with Gasteiger partial charge >= 0.3 is 0 Å². The lowest BCUT2D eigenvalue weighted by Crippen LogP contribution is -2.50. The summed E-state index contributed by atoms with van der Waals surface area (Å²) in [5, 5.41) is 3.96. The van der Waals surface area contributed by atoms with Crippen molar-refractivity contribution >= 4 is 35.0 Å². The van der Waals surface area contributed by atoms with Crippen molar-refractivity contribution in [2.75, 3.05) is 0 Å². The molecule has 0 saturated heterocycles. The molecule has 6 heteroatoms. The van der Waals surface area contributed by atoms with Crippen LogP contribution in [0.2, 0.25) is 10.0 Å². The van der Waals surface area contributed by atoms with Crippen molar-refractivity contribution in [3.63, 3.8) is 0 Å². The quantitative estimate of drug-likeness (QED) is 0.432. The molecule has 0 unspecified atom stereocenters. The molecule has 2 aromatic rings. The van der Waals surface area contributed by atoms with Gasteiger partial charge in [0.05, 0.1) is 0 Å². The van der Waals surface area contributed by atoms with Crippen molar-refractivity contribution in [3.8, 4) is 0 Å². The SMILES string of the molecule is CC[C@@H](C(=O)NC(C)C)N(Cc1ccc(Cl)cc1Cl)C(=O)CCc1ccc(C(C)(C)C)cc1. The molecule has 2 amide bonds. The molecule has 0 aliphatic carbocycles. The van der Waals surface area contributed by atoms with Gasteiger partial charge in [0, 0.05) is 29.1 Å². The molecule has 180 valence electrons. The molecule has 0 aromatic heterocycles. The van der Waals surface area contributed by atoms with Crippen molar-refractivity contribution in [3.05, 3.63) is 69.2 Å². The van der Waals surface area contributed by atoms with E-state index in [9.17, 15) is 9.59 Å². The molecule has 2 aromatic carbocycles. The van der Waals surface area contributed by atoms with Crippen LogP contribution < -0.4 is 5.32 Å². The number of hydrogen-bond acceptors (Lipinski definition) is 2. The Balaban J connectivity index is 2.23. The third-order valence-corrected chi connectivity index (χ3v) is 6.21. The summed E-state index contributed by atoms with van der Waals surface area (Å²) in [6.07, 6.45) is 1.43. The molecule has 0 aliphatic rings. The van der Waals surface area contributed by atoms with Gasteiger partial charge in [-0.3, -0.25) is 9.59 Å². The zero-order valence-electron chi connectivity index (χ0n) is 20.5. The highest BCUT2D eigenvalue weighted by Gasteiger charge is 2.29. The van der Waals surface area contributed by atoms with Gasteiger partial charge in [-0.15, -0.1) is 0 Å². The summed E-state index contributed by atoms with van der Waals surface area (Å²) in [4.78, 5) is 27.9. The summed E-state index contributed by atoms with van der Waals surface area (Å²) in [6.45, 7) is 12.5. The Hall–Kier alpha value is -2.04. The Labute approximate surface area is 208 Å². The Kier molecular flexibility index (Phi) is 9.81. The Morgan fingerprint density at radius 1 is 1.03 bits per heavy atom. The van der Waals surface area contributed by atoms with Crippen LogP contribution >= 0.6 is 23.2 Å². The van der Waals surface area contributed by atoms with Crippen LogP contribution in [0, 0.1) is 0 Å². The molecular weight excluding hydrogens is 455 g/mol. The number of rotatable bonds is 9. The second kappa shape index (κ2) is 11.9. The van der Waals surface area contributed by atoms with E-state index in [1.807, 2.05) is 26.8 Å². The van der Waals surface area contributed by atoms with Gasteiger partial charge in [-0.05, 0) is 60.9 Å². The predicted molar refractivity (Wildman–Crippen MR) is 138 cm³/mol. The molecule has 0 aliphatic heterocycles. The van der Waals surface area contributed by atoms with E-state index in [0.717, 1.165) is 11.1 Å². The minimum absolute atomic E-state index is 0.0102. The Morgan fingerprint density at radius 3 is 2.18 bits per heavy atom. The first-order valence-electron chi connectivity index (χ1n) is 11.6. The van der Waals surface area contributed by atoms with Crippen LogP contribution in [0.4, 0.5) is 0 Å². The van der Waals surface area contributed by atoms with Crippen molar-refractivity contribution in [2.45, 2.75) is 84.8 Å². The minimum atomic E-state index is -0.574. The minimum Gasteiger partial charge on any atom is -0.352 e. The first kappa shape index (κ1) is 27.2. The highest BCUT2D eigenvalue weighted by molar-refractivity contribution is 6.35. The Morgan fingerprint density at radius 2 is 1.67 bits per heavy atom. The van der Waals surface area contributed by atoms with E-state index in [1.54, 1.807) is 17.0 Å². The number of benzene rings is 2.